The molecule has 0 unspecified atom stereocenters. The van der Waals surface area contributed by atoms with Gasteiger partial charge in [0.25, 0.3) is 5.69 Å². The summed E-state index contributed by atoms with van der Waals surface area (Å²) in [5.41, 5.74) is 1.47. The highest BCUT2D eigenvalue weighted by atomic mass is 16.6. The zero-order valence-corrected chi connectivity index (χ0v) is 13.7. The maximum Gasteiger partial charge on any atom is 0.319 e. The summed E-state index contributed by atoms with van der Waals surface area (Å²) in [4.78, 5) is 33.5. The van der Waals surface area contributed by atoms with Crippen LogP contribution in [-0.2, 0) is 6.54 Å². The number of methoxy groups -OCH3 is 1. The van der Waals surface area contributed by atoms with Gasteiger partial charge in [-0.05, 0) is 37.3 Å². The number of Topliss-reactive ketones (excluding diaryl/α,β-unsaturated/α-hetero) is 1. The molecule has 0 atom stereocenters. The molecule has 8 heteroatoms. The Bertz CT molecular complexity index is 802. The number of amides is 2. The zero-order chi connectivity index (χ0) is 18.4. The van der Waals surface area contributed by atoms with Crippen molar-refractivity contribution in [2.45, 2.75) is 13.5 Å². The number of anilines is 1. The second-order valence-electron chi connectivity index (χ2n) is 5.19. The second kappa shape index (κ2) is 7.91. The summed E-state index contributed by atoms with van der Waals surface area (Å²) in [5, 5.41) is 16.1. The van der Waals surface area contributed by atoms with Gasteiger partial charge in [0, 0.05) is 35.5 Å². The van der Waals surface area contributed by atoms with E-state index in [-0.39, 0.29) is 18.0 Å². The quantitative estimate of drug-likeness (QED) is 0.475. The van der Waals surface area contributed by atoms with Crippen LogP contribution in [0.5, 0.6) is 5.75 Å². The normalized spacial score (nSPS) is 10.0. The number of rotatable bonds is 6. The third-order valence-corrected chi connectivity index (χ3v) is 3.46. The largest absolute Gasteiger partial charge is 0.496 e. The number of ketones is 1. The summed E-state index contributed by atoms with van der Waals surface area (Å²) in [6.07, 6.45) is 0. The molecule has 0 saturated heterocycles. The summed E-state index contributed by atoms with van der Waals surface area (Å²) in [5.74, 6) is 0.380. The smallest absolute Gasteiger partial charge is 0.319 e. The fourth-order valence-electron chi connectivity index (χ4n) is 2.16. The van der Waals surface area contributed by atoms with Crippen molar-refractivity contribution in [3.63, 3.8) is 0 Å². The van der Waals surface area contributed by atoms with Gasteiger partial charge in [0.1, 0.15) is 5.75 Å². The Hall–Kier alpha value is -3.42. The number of nitro groups is 1. The number of nitrogens with one attached hydrogen (secondary N) is 2. The van der Waals surface area contributed by atoms with Gasteiger partial charge in [-0.2, -0.15) is 0 Å². The Balaban J connectivity index is 2.00. The number of hydrogen-bond donors (Lipinski definition) is 2. The van der Waals surface area contributed by atoms with Crippen molar-refractivity contribution >= 4 is 23.2 Å². The third-order valence-electron chi connectivity index (χ3n) is 3.46. The van der Waals surface area contributed by atoms with Gasteiger partial charge in [-0.25, -0.2) is 4.79 Å². The average Bonchev–Trinajstić information content (AvgIpc) is 2.60. The lowest BCUT2D eigenvalue weighted by Crippen LogP contribution is -2.28. The van der Waals surface area contributed by atoms with Gasteiger partial charge in [0.15, 0.2) is 5.78 Å². The molecule has 0 saturated carbocycles. The van der Waals surface area contributed by atoms with E-state index in [1.54, 1.807) is 24.3 Å². The molecular weight excluding hydrogens is 326 g/mol. The summed E-state index contributed by atoms with van der Waals surface area (Å²) in [7, 11) is 1.45. The van der Waals surface area contributed by atoms with Crippen LogP contribution in [0.3, 0.4) is 0 Å². The summed E-state index contributed by atoms with van der Waals surface area (Å²) in [6, 6.07) is 10.1. The molecule has 0 aliphatic rings. The predicted octanol–water partition coefficient (Wildman–Crippen LogP) is 3.13. The van der Waals surface area contributed by atoms with Crippen LogP contribution in [0.15, 0.2) is 42.5 Å². The molecule has 2 rings (SSSR count). The zero-order valence-electron chi connectivity index (χ0n) is 13.7. The minimum Gasteiger partial charge on any atom is -0.496 e. The minimum absolute atomic E-state index is 0.0578. The number of benzene rings is 2. The monoisotopic (exact) mass is 343 g/mol. The Morgan fingerprint density at radius 2 is 1.84 bits per heavy atom. The van der Waals surface area contributed by atoms with E-state index in [1.165, 1.54) is 32.2 Å². The van der Waals surface area contributed by atoms with Crippen LogP contribution in [0.4, 0.5) is 16.2 Å². The van der Waals surface area contributed by atoms with Gasteiger partial charge in [0.05, 0.1) is 12.0 Å². The van der Waals surface area contributed by atoms with E-state index in [4.69, 9.17) is 4.74 Å². The standard InChI is InChI=1S/C17H17N3O5/c1-11(21)12-3-5-14(6-4-12)19-17(22)18-10-13-9-15(20(23)24)7-8-16(13)25-2/h3-9H,10H2,1-2H3,(H2,18,19,22). The Morgan fingerprint density at radius 1 is 1.16 bits per heavy atom. The van der Waals surface area contributed by atoms with Gasteiger partial charge in [-0.3, -0.25) is 14.9 Å². The lowest BCUT2D eigenvalue weighted by atomic mass is 10.1. The first-order valence-electron chi connectivity index (χ1n) is 7.38. The van der Waals surface area contributed by atoms with E-state index in [9.17, 15) is 19.7 Å². The van der Waals surface area contributed by atoms with Crippen LogP contribution in [0.1, 0.15) is 22.8 Å². The van der Waals surface area contributed by atoms with Crippen molar-refractivity contribution in [1.82, 2.24) is 5.32 Å². The first-order valence-corrected chi connectivity index (χ1v) is 7.38. The molecule has 0 spiro atoms. The number of carbonyl (C=O) groups excluding carboxylic acids is 2. The van der Waals surface area contributed by atoms with Crippen LogP contribution < -0.4 is 15.4 Å². The molecule has 0 aromatic heterocycles. The molecule has 2 aromatic rings. The highest BCUT2D eigenvalue weighted by Gasteiger charge is 2.12. The molecular formula is C17H17N3O5. The number of hydrogen-bond acceptors (Lipinski definition) is 5. The molecule has 2 amide bonds. The molecule has 8 nitrogen and oxygen atoms in total. The molecule has 0 heterocycles. The van der Waals surface area contributed by atoms with E-state index >= 15 is 0 Å². The maximum atomic E-state index is 12.0. The topological polar surface area (TPSA) is 111 Å². The highest BCUT2D eigenvalue weighted by Crippen LogP contribution is 2.23. The summed E-state index contributed by atoms with van der Waals surface area (Å²) in [6.45, 7) is 1.52. The third kappa shape index (κ3) is 4.77. The number of carbonyl (C=O) groups is 2. The van der Waals surface area contributed by atoms with Crippen molar-refractivity contribution in [3.8, 4) is 5.75 Å². The molecule has 0 fully saturated rings. The number of nitrogens with zero attached hydrogens (tertiary/aromatic N) is 1. The molecule has 0 aliphatic carbocycles. The van der Waals surface area contributed by atoms with Crippen molar-refractivity contribution in [1.29, 1.82) is 0 Å². The Kier molecular flexibility index (Phi) is 5.67. The number of urea groups is 1. The molecule has 25 heavy (non-hydrogen) atoms. The van der Waals surface area contributed by atoms with Gasteiger partial charge < -0.3 is 15.4 Å². The highest BCUT2D eigenvalue weighted by molar-refractivity contribution is 5.95. The first kappa shape index (κ1) is 17.9. The number of ether oxygens (including phenoxy) is 1. The molecule has 0 bridgehead atoms. The minimum atomic E-state index is -0.514. The Labute approximate surface area is 144 Å². The van der Waals surface area contributed by atoms with Crippen LogP contribution in [0.2, 0.25) is 0 Å². The molecule has 0 aliphatic heterocycles. The van der Waals surface area contributed by atoms with Gasteiger partial charge >= 0.3 is 6.03 Å². The Morgan fingerprint density at radius 3 is 2.40 bits per heavy atom. The SMILES string of the molecule is COc1ccc([N+](=O)[O-])cc1CNC(=O)Nc1ccc(C(C)=O)cc1. The van der Waals surface area contributed by atoms with Crippen LogP contribution in [-0.4, -0.2) is 23.8 Å². The maximum absolute atomic E-state index is 12.0. The average molecular weight is 343 g/mol. The number of nitro benzene ring substituents is 1. The van der Waals surface area contributed by atoms with E-state index < -0.39 is 11.0 Å². The van der Waals surface area contributed by atoms with Crippen molar-refractivity contribution < 1.29 is 19.2 Å². The molecule has 0 radical (unpaired) electrons. The van der Waals surface area contributed by atoms with E-state index in [1.807, 2.05) is 0 Å². The van der Waals surface area contributed by atoms with Crippen molar-refractivity contribution in [3.05, 3.63) is 63.7 Å². The van der Waals surface area contributed by atoms with Gasteiger partial charge in [0.2, 0.25) is 0 Å². The fourth-order valence-corrected chi connectivity index (χ4v) is 2.16. The van der Waals surface area contributed by atoms with E-state index in [0.29, 0.717) is 22.6 Å². The lowest BCUT2D eigenvalue weighted by Gasteiger charge is -2.11. The van der Waals surface area contributed by atoms with Gasteiger partial charge in [-0.1, -0.05) is 0 Å². The van der Waals surface area contributed by atoms with Crippen LogP contribution in [0.25, 0.3) is 0 Å². The summed E-state index contributed by atoms with van der Waals surface area (Å²) >= 11 is 0. The predicted molar refractivity (Wildman–Crippen MR) is 92.0 cm³/mol. The lowest BCUT2D eigenvalue weighted by molar-refractivity contribution is -0.384. The molecule has 2 N–H and O–H groups in total. The van der Waals surface area contributed by atoms with Crippen molar-refractivity contribution in [2.75, 3.05) is 12.4 Å². The molecule has 130 valence electrons. The number of non-ortho nitro benzene ring substituents is 1. The first-order chi connectivity index (χ1) is 11.9. The molecule has 2 aromatic carbocycles. The summed E-state index contributed by atoms with van der Waals surface area (Å²) < 4.78 is 5.14. The second-order valence-corrected chi connectivity index (χ2v) is 5.19. The van der Waals surface area contributed by atoms with Gasteiger partial charge in [-0.15, -0.1) is 0 Å². The van der Waals surface area contributed by atoms with Crippen molar-refractivity contribution in [2.24, 2.45) is 0 Å². The van der Waals surface area contributed by atoms with Crippen LogP contribution in [0, 0.1) is 10.1 Å². The van der Waals surface area contributed by atoms with Crippen LogP contribution >= 0.6 is 0 Å². The fraction of sp³-hybridized carbons (Fsp3) is 0.176. The van der Waals surface area contributed by atoms with E-state index in [0.717, 1.165) is 0 Å². The van der Waals surface area contributed by atoms with E-state index in [2.05, 4.69) is 10.6 Å².